The second kappa shape index (κ2) is 9.72. The first-order valence-corrected chi connectivity index (χ1v) is 10.8. The van der Waals surface area contributed by atoms with Crippen molar-refractivity contribution in [2.45, 2.75) is 19.8 Å². The number of carbonyl (C=O) groups is 1. The Balaban J connectivity index is 1.25. The Morgan fingerprint density at radius 2 is 1.66 bits per heavy atom. The average molecular weight is 437 g/mol. The standard InChI is InChI=1S/C24H28N4O4/c1-17(2)23-25-24(32-26-23)18-4-8-21(9-5-18)31-16-22(29)28-14-12-27(13-15-28)19-6-10-20(30-3)11-7-19/h4-11,17H,12-16H2,1-3H3. The molecule has 32 heavy (non-hydrogen) atoms. The van der Waals surface area contributed by atoms with Gasteiger partial charge in [0.05, 0.1) is 7.11 Å². The number of benzene rings is 2. The zero-order valence-corrected chi connectivity index (χ0v) is 18.7. The molecule has 8 heteroatoms. The van der Waals surface area contributed by atoms with Gasteiger partial charge in [-0.1, -0.05) is 19.0 Å². The maximum atomic E-state index is 12.6. The van der Waals surface area contributed by atoms with Gasteiger partial charge in [0, 0.05) is 43.3 Å². The fraction of sp³-hybridized carbons (Fsp3) is 0.375. The highest BCUT2D eigenvalue weighted by molar-refractivity contribution is 5.78. The molecule has 0 unspecified atom stereocenters. The van der Waals surface area contributed by atoms with Crippen LogP contribution in [-0.2, 0) is 4.79 Å². The number of nitrogens with zero attached hydrogens (tertiary/aromatic N) is 4. The number of carbonyl (C=O) groups excluding carboxylic acids is 1. The Morgan fingerprint density at radius 1 is 1.00 bits per heavy atom. The molecule has 1 aliphatic heterocycles. The van der Waals surface area contributed by atoms with Gasteiger partial charge in [-0.15, -0.1) is 0 Å². The van der Waals surface area contributed by atoms with Gasteiger partial charge < -0.3 is 23.8 Å². The van der Waals surface area contributed by atoms with Crippen molar-refractivity contribution in [3.63, 3.8) is 0 Å². The molecule has 0 bridgehead atoms. The van der Waals surface area contributed by atoms with Crippen molar-refractivity contribution in [2.24, 2.45) is 0 Å². The van der Waals surface area contributed by atoms with Crippen molar-refractivity contribution in [2.75, 3.05) is 44.8 Å². The second-order valence-electron chi connectivity index (χ2n) is 7.99. The first kappa shape index (κ1) is 21.7. The van der Waals surface area contributed by atoms with Crippen LogP contribution < -0.4 is 14.4 Å². The largest absolute Gasteiger partial charge is 0.497 e. The van der Waals surface area contributed by atoms with Crippen LogP contribution in [0.2, 0.25) is 0 Å². The third-order valence-electron chi connectivity index (χ3n) is 5.49. The van der Waals surface area contributed by atoms with E-state index in [1.807, 2.05) is 67.3 Å². The van der Waals surface area contributed by atoms with Crippen LogP contribution in [0, 0.1) is 0 Å². The van der Waals surface area contributed by atoms with Crippen LogP contribution in [0.4, 0.5) is 5.69 Å². The minimum absolute atomic E-state index is 0.0121. The lowest BCUT2D eigenvalue weighted by atomic mass is 10.2. The molecule has 1 aromatic heterocycles. The molecule has 0 radical (unpaired) electrons. The monoisotopic (exact) mass is 436 g/mol. The van der Waals surface area contributed by atoms with Crippen LogP contribution in [-0.4, -0.2) is 60.8 Å². The molecule has 1 saturated heterocycles. The highest BCUT2D eigenvalue weighted by atomic mass is 16.5. The number of ether oxygens (including phenoxy) is 2. The van der Waals surface area contributed by atoms with E-state index in [-0.39, 0.29) is 18.4 Å². The lowest BCUT2D eigenvalue weighted by molar-refractivity contribution is -0.133. The van der Waals surface area contributed by atoms with Crippen LogP contribution in [0.1, 0.15) is 25.6 Å². The predicted molar refractivity (Wildman–Crippen MR) is 121 cm³/mol. The molecule has 4 rings (SSSR count). The maximum absolute atomic E-state index is 12.6. The van der Waals surface area contributed by atoms with E-state index in [9.17, 15) is 4.79 Å². The Bertz CT molecular complexity index is 1020. The highest BCUT2D eigenvalue weighted by Gasteiger charge is 2.21. The zero-order valence-electron chi connectivity index (χ0n) is 18.7. The molecule has 1 fully saturated rings. The summed E-state index contributed by atoms with van der Waals surface area (Å²) in [4.78, 5) is 21.1. The zero-order chi connectivity index (χ0) is 22.5. The van der Waals surface area contributed by atoms with Crippen LogP contribution in [0.15, 0.2) is 53.1 Å². The van der Waals surface area contributed by atoms with Crippen molar-refractivity contribution in [3.05, 3.63) is 54.4 Å². The SMILES string of the molecule is COc1ccc(N2CCN(C(=O)COc3ccc(-c4nc(C(C)C)no4)cc3)CC2)cc1. The number of hydrogen-bond acceptors (Lipinski definition) is 7. The van der Waals surface area contributed by atoms with Crippen LogP contribution in [0.25, 0.3) is 11.5 Å². The van der Waals surface area contributed by atoms with Crippen LogP contribution in [0.5, 0.6) is 11.5 Å². The molecule has 3 aromatic rings. The summed E-state index contributed by atoms with van der Waals surface area (Å²) >= 11 is 0. The summed E-state index contributed by atoms with van der Waals surface area (Å²) in [5.41, 5.74) is 1.95. The summed E-state index contributed by atoms with van der Waals surface area (Å²) in [7, 11) is 1.66. The number of piperazine rings is 1. The molecule has 1 aliphatic rings. The van der Waals surface area contributed by atoms with Crippen LogP contribution >= 0.6 is 0 Å². The Kier molecular flexibility index (Phi) is 6.58. The molecule has 8 nitrogen and oxygen atoms in total. The summed E-state index contributed by atoms with van der Waals surface area (Å²) in [6.07, 6.45) is 0. The molecular weight excluding hydrogens is 408 g/mol. The van der Waals surface area contributed by atoms with E-state index < -0.39 is 0 Å². The highest BCUT2D eigenvalue weighted by Crippen LogP contribution is 2.23. The molecule has 168 valence electrons. The van der Waals surface area contributed by atoms with E-state index in [0.29, 0.717) is 30.6 Å². The summed E-state index contributed by atoms with van der Waals surface area (Å²) < 4.78 is 16.2. The van der Waals surface area contributed by atoms with E-state index >= 15 is 0 Å². The average Bonchev–Trinajstić information content (AvgIpc) is 3.34. The van der Waals surface area contributed by atoms with Gasteiger partial charge in [0.15, 0.2) is 12.4 Å². The van der Waals surface area contributed by atoms with Gasteiger partial charge in [-0.05, 0) is 48.5 Å². The Hall–Kier alpha value is -3.55. The third-order valence-corrected chi connectivity index (χ3v) is 5.49. The molecule has 0 saturated carbocycles. The number of aromatic nitrogens is 2. The lowest BCUT2D eigenvalue weighted by Gasteiger charge is -2.36. The van der Waals surface area contributed by atoms with Gasteiger partial charge >= 0.3 is 0 Å². The molecule has 1 amide bonds. The smallest absolute Gasteiger partial charge is 0.260 e. The number of anilines is 1. The van der Waals surface area contributed by atoms with Crippen molar-refractivity contribution in [1.29, 1.82) is 0 Å². The van der Waals surface area contributed by atoms with E-state index in [4.69, 9.17) is 14.0 Å². The fourth-order valence-electron chi connectivity index (χ4n) is 3.52. The van der Waals surface area contributed by atoms with Crippen molar-refractivity contribution in [3.8, 4) is 23.0 Å². The first-order chi connectivity index (χ1) is 15.5. The molecule has 0 N–H and O–H groups in total. The molecular formula is C24H28N4O4. The van der Waals surface area contributed by atoms with Gasteiger partial charge in [-0.25, -0.2) is 0 Å². The minimum Gasteiger partial charge on any atom is -0.497 e. The maximum Gasteiger partial charge on any atom is 0.260 e. The van der Waals surface area contributed by atoms with Crippen molar-refractivity contribution < 1.29 is 18.8 Å². The third kappa shape index (κ3) is 5.01. The summed E-state index contributed by atoms with van der Waals surface area (Å²) in [5, 5.41) is 3.98. The van der Waals surface area contributed by atoms with E-state index in [1.165, 1.54) is 0 Å². The van der Waals surface area contributed by atoms with Crippen LogP contribution in [0.3, 0.4) is 0 Å². The molecule has 2 aromatic carbocycles. The number of methoxy groups -OCH3 is 1. The lowest BCUT2D eigenvalue weighted by Crippen LogP contribution is -2.50. The number of amides is 1. The summed E-state index contributed by atoms with van der Waals surface area (Å²) in [6, 6.07) is 15.3. The van der Waals surface area contributed by atoms with Gasteiger partial charge in [0.25, 0.3) is 11.8 Å². The van der Waals surface area contributed by atoms with Gasteiger partial charge in [-0.3, -0.25) is 4.79 Å². The van der Waals surface area contributed by atoms with Gasteiger partial charge in [0.1, 0.15) is 11.5 Å². The molecule has 0 atom stereocenters. The van der Waals surface area contributed by atoms with Gasteiger partial charge in [-0.2, -0.15) is 4.98 Å². The topological polar surface area (TPSA) is 80.9 Å². The first-order valence-electron chi connectivity index (χ1n) is 10.8. The fourth-order valence-corrected chi connectivity index (χ4v) is 3.52. The van der Waals surface area contributed by atoms with E-state index in [2.05, 4.69) is 15.0 Å². The number of rotatable bonds is 7. The molecule has 2 heterocycles. The number of hydrogen-bond donors (Lipinski definition) is 0. The summed E-state index contributed by atoms with van der Waals surface area (Å²) in [6.45, 7) is 6.96. The second-order valence-corrected chi connectivity index (χ2v) is 7.99. The Labute approximate surface area is 187 Å². The Morgan fingerprint density at radius 3 is 2.25 bits per heavy atom. The van der Waals surface area contributed by atoms with Crippen molar-refractivity contribution >= 4 is 11.6 Å². The van der Waals surface area contributed by atoms with Gasteiger partial charge in [0.2, 0.25) is 0 Å². The minimum atomic E-state index is -0.0121. The predicted octanol–water partition coefficient (Wildman–Crippen LogP) is 3.60. The normalized spacial score (nSPS) is 14.0. The quantitative estimate of drug-likeness (QED) is 0.560. The van der Waals surface area contributed by atoms with Crippen molar-refractivity contribution in [1.82, 2.24) is 15.0 Å². The molecule has 0 spiro atoms. The van der Waals surface area contributed by atoms with E-state index in [1.54, 1.807) is 7.11 Å². The molecule has 0 aliphatic carbocycles. The van der Waals surface area contributed by atoms with E-state index in [0.717, 1.165) is 30.1 Å². The summed E-state index contributed by atoms with van der Waals surface area (Å²) in [5.74, 6) is 2.82.